The van der Waals surface area contributed by atoms with Crippen molar-refractivity contribution in [3.8, 4) is 9.75 Å². The Bertz CT molecular complexity index is 709. The summed E-state index contributed by atoms with van der Waals surface area (Å²) in [7, 11) is 0. The first-order chi connectivity index (χ1) is 7.72. The van der Waals surface area contributed by atoms with E-state index in [1.54, 1.807) is 25.6 Å². The van der Waals surface area contributed by atoms with E-state index in [1.165, 1.54) is 14.5 Å². The number of hydrogen-bond donors (Lipinski definition) is 0. The molecule has 0 saturated heterocycles. The molecule has 0 aromatic carbocycles. The Morgan fingerprint density at radius 1 is 0.938 bits per heavy atom. The van der Waals surface area contributed by atoms with Gasteiger partial charge in [-0.1, -0.05) is 0 Å². The Labute approximate surface area is 106 Å². The van der Waals surface area contributed by atoms with Gasteiger partial charge in [0, 0.05) is 30.5 Å². The molecular weight excluding hydrogens is 252 g/mol. The highest BCUT2D eigenvalue weighted by atomic mass is 32.1. The second-order valence-corrected chi connectivity index (χ2v) is 7.91. The van der Waals surface area contributed by atoms with Crippen molar-refractivity contribution in [3.05, 3.63) is 33.0 Å². The summed E-state index contributed by atoms with van der Waals surface area (Å²) in [5.74, 6) is 0. The van der Waals surface area contributed by atoms with Gasteiger partial charge in [0.15, 0.2) is 0 Å². The molecule has 0 atom stereocenters. The summed E-state index contributed by atoms with van der Waals surface area (Å²) in [6.45, 7) is 4.42. The Balaban J connectivity index is 2.07. The molecule has 3 heterocycles. The van der Waals surface area contributed by atoms with Gasteiger partial charge in [0.1, 0.15) is 0 Å². The van der Waals surface area contributed by atoms with Crippen LogP contribution in [0.1, 0.15) is 20.9 Å². The fourth-order valence-corrected chi connectivity index (χ4v) is 6.27. The first-order valence-corrected chi connectivity index (χ1v) is 7.79. The van der Waals surface area contributed by atoms with Crippen molar-refractivity contribution in [2.75, 3.05) is 0 Å². The first kappa shape index (κ1) is 9.40. The fourth-order valence-electron chi connectivity index (χ4n) is 2.48. The molecule has 0 spiro atoms. The highest BCUT2D eigenvalue weighted by molar-refractivity contribution is 7.31. The Morgan fingerprint density at radius 2 is 1.75 bits per heavy atom. The molecule has 0 unspecified atom stereocenters. The maximum atomic E-state index is 2.36. The van der Waals surface area contributed by atoms with Gasteiger partial charge in [-0.05, 0) is 37.1 Å². The molecule has 0 bridgehead atoms. The van der Waals surface area contributed by atoms with Crippen molar-refractivity contribution in [1.29, 1.82) is 0 Å². The lowest BCUT2D eigenvalue weighted by molar-refractivity contribution is 1.30. The Morgan fingerprint density at radius 3 is 2.62 bits per heavy atom. The van der Waals surface area contributed by atoms with Crippen molar-refractivity contribution >= 4 is 43.4 Å². The van der Waals surface area contributed by atoms with Crippen LogP contribution in [0.3, 0.4) is 0 Å². The Hall–Kier alpha value is -0.640. The average Bonchev–Trinajstić information content (AvgIpc) is 2.85. The summed E-state index contributed by atoms with van der Waals surface area (Å²) >= 11 is 5.90. The van der Waals surface area contributed by atoms with Gasteiger partial charge in [0.2, 0.25) is 0 Å². The lowest BCUT2D eigenvalue weighted by Gasteiger charge is -1.89. The molecular formula is C13H10S3. The molecule has 80 valence electrons. The van der Waals surface area contributed by atoms with E-state index in [1.807, 2.05) is 34.0 Å². The summed E-state index contributed by atoms with van der Waals surface area (Å²) in [4.78, 5) is 5.98. The van der Waals surface area contributed by atoms with Crippen molar-refractivity contribution in [2.45, 2.75) is 20.3 Å². The number of aryl methyl sites for hydroxylation is 2. The van der Waals surface area contributed by atoms with Crippen LogP contribution in [0.5, 0.6) is 0 Å². The highest BCUT2D eigenvalue weighted by Crippen LogP contribution is 2.51. The number of fused-ring (bicyclic) bond motifs is 5. The van der Waals surface area contributed by atoms with E-state index in [0.29, 0.717) is 0 Å². The minimum Gasteiger partial charge on any atom is -0.139 e. The standard InChI is InChI=1S/C13H10S3/c1-6-3-8-5-9-12-10(4-7(2)15-12)16-13(9)11(8)14-6/h3-4H,5H2,1-2H3. The summed E-state index contributed by atoms with van der Waals surface area (Å²) in [5, 5.41) is 0. The molecule has 0 saturated carbocycles. The van der Waals surface area contributed by atoms with E-state index in [4.69, 9.17) is 0 Å². The maximum absolute atomic E-state index is 2.36. The van der Waals surface area contributed by atoms with Crippen LogP contribution in [0, 0.1) is 13.8 Å². The molecule has 3 aromatic heterocycles. The molecule has 0 fully saturated rings. The summed E-state index contributed by atoms with van der Waals surface area (Å²) in [6.07, 6.45) is 1.16. The summed E-state index contributed by atoms with van der Waals surface area (Å²) in [6, 6.07) is 4.70. The fraction of sp³-hybridized carbons (Fsp3) is 0.231. The van der Waals surface area contributed by atoms with Crippen molar-refractivity contribution in [3.63, 3.8) is 0 Å². The van der Waals surface area contributed by atoms with Crippen molar-refractivity contribution in [1.82, 2.24) is 0 Å². The second-order valence-electron chi connectivity index (χ2n) is 4.35. The van der Waals surface area contributed by atoms with Crippen LogP contribution in [-0.4, -0.2) is 0 Å². The molecule has 0 N–H and O–H groups in total. The van der Waals surface area contributed by atoms with E-state index in [0.717, 1.165) is 6.42 Å². The Kier molecular flexibility index (Phi) is 1.75. The van der Waals surface area contributed by atoms with Gasteiger partial charge in [0.05, 0.1) is 4.88 Å². The summed E-state index contributed by atoms with van der Waals surface area (Å²) < 4.78 is 3.03. The third kappa shape index (κ3) is 1.09. The molecule has 3 aromatic rings. The van der Waals surface area contributed by atoms with Gasteiger partial charge in [-0.15, -0.1) is 34.0 Å². The maximum Gasteiger partial charge on any atom is 0.0502 e. The van der Waals surface area contributed by atoms with Crippen molar-refractivity contribution < 1.29 is 0 Å². The normalized spacial score (nSPS) is 13.4. The smallest absolute Gasteiger partial charge is 0.0502 e. The molecule has 3 heteroatoms. The van der Waals surface area contributed by atoms with Gasteiger partial charge in [-0.3, -0.25) is 0 Å². The van der Waals surface area contributed by atoms with E-state index >= 15 is 0 Å². The second kappa shape index (κ2) is 2.97. The van der Waals surface area contributed by atoms with Crippen LogP contribution in [0.4, 0.5) is 0 Å². The minimum atomic E-state index is 1.16. The lowest BCUT2D eigenvalue weighted by Crippen LogP contribution is -1.75. The molecule has 16 heavy (non-hydrogen) atoms. The third-order valence-electron chi connectivity index (χ3n) is 3.09. The van der Waals surface area contributed by atoms with Gasteiger partial charge < -0.3 is 0 Å². The highest BCUT2D eigenvalue weighted by Gasteiger charge is 2.26. The molecule has 1 aliphatic carbocycles. The monoisotopic (exact) mass is 262 g/mol. The molecule has 0 nitrogen and oxygen atoms in total. The number of rotatable bonds is 0. The molecule has 0 radical (unpaired) electrons. The van der Waals surface area contributed by atoms with Gasteiger partial charge in [-0.2, -0.15) is 0 Å². The zero-order chi connectivity index (χ0) is 10.9. The van der Waals surface area contributed by atoms with Crippen LogP contribution in [0.15, 0.2) is 12.1 Å². The average molecular weight is 262 g/mol. The van der Waals surface area contributed by atoms with Crippen molar-refractivity contribution in [2.24, 2.45) is 0 Å². The minimum absolute atomic E-state index is 1.16. The SMILES string of the molecule is Cc1cc2c(s1)-c1sc3cc(C)sc3c1C2. The van der Waals surface area contributed by atoms with Crippen LogP contribution in [-0.2, 0) is 6.42 Å². The zero-order valence-electron chi connectivity index (χ0n) is 9.09. The zero-order valence-corrected chi connectivity index (χ0v) is 11.5. The third-order valence-corrected chi connectivity index (χ3v) is 6.76. The topological polar surface area (TPSA) is 0 Å². The molecule has 0 amide bonds. The predicted molar refractivity (Wildman–Crippen MR) is 75.3 cm³/mol. The van der Waals surface area contributed by atoms with E-state index in [-0.39, 0.29) is 0 Å². The van der Waals surface area contributed by atoms with E-state index < -0.39 is 0 Å². The van der Waals surface area contributed by atoms with E-state index in [2.05, 4.69) is 26.0 Å². The van der Waals surface area contributed by atoms with Crippen LogP contribution >= 0.6 is 34.0 Å². The first-order valence-electron chi connectivity index (χ1n) is 5.34. The summed E-state index contributed by atoms with van der Waals surface area (Å²) in [5.41, 5.74) is 3.15. The quantitative estimate of drug-likeness (QED) is 0.408. The van der Waals surface area contributed by atoms with Crippen LogP contribution < -0.4 is 0 Å². The van der Waals surface area contributed by atoms with Gasteiger partial charge in [0.25, 0.3) is 0 Å². The van der Waals surface area contributed by atoms with E-state index in [9.17, 15) is 0 Å². The predicted octanol–water partition coefficient (Wildman–Crippen LogP) is 5.21. The molecule has 4 rings (SSSR count). The molecule has 0 aliphatic heterocycles. The van der Waals surface area contributed by atoms with Crippen LogP contribution in [0.2, 0.25) is 0 Å². The molecule has 1 aliphatic rings. The lowest BCUT2D eigenvalue weighted by atomic mass is 10.2. The van der Waals surface area contributed by atoms with Gasteiger partial charge >= 0.3 is 0 Å². The number of thiophene rings is 3. The van der Waals surface area contributed by atoms with Gasteiger partial charge in [-0.25, -0.2) is 0 Å². The number of hydrogen-bond acceptors (Lipinski definition) is 3. The van der Waals surface area contributed by atoms with Crippen LogP contribution in [0.25, 0.3) is 19.2 Å². The largest absolute Gasteiger partial charge is 0.139 e.